The second kappa shape index (κ2) is 5.44. The largest absolute Gasteiger partial charge is 0.416 e. The van der Waals surface area contributed by atoms with Gasteiger partial charge in [-0.3, -0.25) is 9.78 Å². The van der Waals surface area contributed by atoms with Crippen molar-refractivity contribution in [2.24, 2.45) is 0 Å². The van der Waals surface area contributed by atoms with E-state index in [1.165, 1.54) is 0 Å². The molecule has 0 radical (unpaired) electrons. The fraction of sp³-hybridized carbons (Fsp3) is 0.250. The number of nitrogens with zero attached hydrogens (tertiary/aromatic N) is 1. The number of benzene rings is 1. The van der Waals surface area contributed by atoms with Crippen LogP contribution in [0.1, 0.15) is 23.5 Å². The molecule has 2 heterocycles. The maximum Gasteiger partial charge on any atom is 0.416 e. The van der Waals surface area contributed by atoms with E-state index >= 15 is 0 Å². The first kappa shape index (κ1) is 14.6. The van der Waals surface area contributed by atoms with Gasteiger partial charge in [-0.25, -0.2) is 0 Å². The van der Waals surface area contributed by atoms with E-state index in [1.807, 2.05) is 12.1 Å². The van der Waals surface area contributed by atoms with Gasteiger partial charge in [0.05, 0.1) is 11.3 Å². The van der Waals surface area contributed by atoms with E-state index < -0.39 is 11.7 Å². The van der Waals surface area contributed by atoms with E-state index in [0.29, 0.717) is 18.5 Å². The maximum atomic E-state index is 12.7. The second-order valence-corrected chi connectivity index (χ2v) is 5.25. The quantitative estimate of drug-likeness (QED) is 0.924. The Morgan fingerprint density at radius 1 is 1.14 bits per heavy atom. The number of amides is 1. The van der Waals surface area contributed by atoms with Crippen LogP contribution in [0.4, 0.5) is 13.2 Å². The van der Waals surface area contributed by atoms with Gasteiger partial charge < -0.3 is 5.32 Å². The molecule has 1 aliphatic rings. The van der Waals surface area contributed by atoms with E-state index in [2.05, 4.69) is 10.3 Å². The smallest absolute Gasteiger partial charge is 0.355 e. The van der Waals surface area contributed by atoms with Crippen molar-refractivity contribution in [2.45, 2.75) is 18.5 Å². The van der Waals surface area contributed by atoms with Gasteiger partial charge in [-0.15, -0.1) is 0 Å². The van der Waals surface area contributed by atoms with Crippen molar-refractivity contribution in [3.8, 4) is 11.3 Å². The summed E-state index contributed by atoms with van der Waals surface area (Å²) >= 11 is 0. The molecule has 1 atom stereocenters. The van der Waals surface area contributed by atoms with Crippen LogP contribution in [0, 0.1) is 0 Å². The molecule has 0 aliphatic carbocycles. The zero-order valence-electron chi connectivity index (χ0n) is 11.5. The van der Waals surface area contributed by atoms with E-state index in [-0.39, 0.29) is 17.5 Å². The Balaban J connectivity index is 1.85. The summed E-state index contributed by atoms with van der Waals surface area (Å²) < 4.78 is 38.2. The van der Waals surface area contributed by atoms with E-state index in [1.54, 1.807) is 12.1 Å². The Morgan fingerprint density at radius 2 is 1.86 bits per heavy atom. The predicted molar refractivity (Wildman–Crippen MR) is 75.0 cm³/mol. The molecule has 0 saturated carbocycles. The van der Waals surface area contributed by atoms with Crippen molar-refractivity contribution in [1.82, 2.24) is 10.3 Å². The first-order valence-corrected chi connectivity index (χ1v) is 6.84. The average molecular weight is 306 g/mol. The van der Waals surface area contributed by atoms with Gasteiger partial charge in [-0.1, -0.05) is 24.3 Å². The monoisotopic (exact) mass is 306 g/mol. The fourth-order valence-corrected chi connectivity index (χ4v) is 2.53. The molecular weight excluding hydrogens is 293 g/mol. The van der Waals surface area contributed by atoms with E-state index in [9.17, 15) is 18.0 Å². The number of aromatic nitrogens is 1. The Kier molecular flexibility index (Phi) is 3.60. The third-order valence-corrected chi connectivity index (χ3v) is 3.74. The van der Waals surface area contributed by atoms with Crippen LogP contribution in [0.15, 0.2) is 42.6 Å². The van der Waals surface area contributed by atoms with Crippen LogP contribution in [0.5, 0.6) is 0 Å². The molecule has 1 aliphatic heterocycles. The number of nitrogens with one attached hydrogen (secondary N) is 1. The molecule has 1 saturated heterocycles. The van der Waals surface area contributed by atoms with E-state index in [4.69, 9.17) is 0 Å². The average Bonchev–Trinajstić information content (AvgIpc) is 2.93. The normalized spacial score (nSPS) is 18.3. The highest BCUT2D eigenvalue weighted by Crippen LogP contribution is 2.31. The fourth-order valence-electron chi connectivity index (χ4n) is 2.53. The molecule has 3 rings (SSSR count). The predicted octanol–water partition coefficient (Wildman–Crippen LogP) is 3.37. The van der Waals surface area contributed by atoms with Crippen molar-refractivity contribution >= 4 is 5.91 Å². The van der Waals surface area contributed by atoms with Crippen LogP contribution in [0.3, 0.4) is 0 Å². The van der Waals surface area contributed by atoms with Crippen molar-refractivity contribution in [3.05, 3.63) is 53.7 Å². The molecule has 1 unspecified atom stereocenters. The maximum absolute atomic E-state index is 12.7. The summed E-state index contributed by atoms with van der Waals surface area (Å²) in [4.78, 5) is 15.2. The first-order chi connectivity index (χ1) is 10.4. The molecule has 3 nitrogen and oxygen atoms in total. The summed E-state index contributed by atoms with van der Waals surface area (Å²) in [5.41, 5.74) is 1.18. The van der Waals surface area contributed by atoms with Gasteiger partial charge in [0.25, 0.3) is 0 Å². The first-order valence-electron chi connectivity index (χ1n) is 6.84. The van der Waals surface area contributed by atoms with E-state index in [0.717, 1.165) is 23.9 Å². The third kappa shape index (κ3) is 2.95. The Hall–Kier alpha value is -2.37. The number of pyridine rings is 1. The molecule has 2 aromatic rings. The molecule has 114 valence electrons. The van der Waals surface area contributed by atoms with Crippen molar-refractivity contribution in [1.29, 1.82) is 0 Å². The standard InChI is InChI=1S/C16H13F3N2O/c17-16(18,19)13-5-6-20-14(8-13)11-3-1-10(2-4-11)12-7-15(22)21-9-12/h1-6,8,12H,7,9H2,(H,21,22). The summed E-state index contributed by atoms with van der Waals surface area (Å²) in [6, 6.07) is 9.13. The van der Waals surface area contributed by atoms with Crippen LogP contribution in [0.25, 0.3) is 11.3 Å². The molecule has 1 amide bonds. The highest BCUT2D eigenvalue weighted by molar-refractivity contribution is 5.79. The molecule has 22 heavy (non-hydrogen) atoms. The molecular formula is C16H13F3N2O. The van der Waals surface area contributed by atoms with Crippen molar-refractivity contribution in [3.63, 3.8) is 0 Å². The lowest BCUT2D eigenvalue weighted by Gasteiger charge is -2.10. The zero-order chi connectivity index (χ0) is 15.7. The Labute approximate surface area is 125 Å². The van der Waals surface area contributed by atoms with Crippen LogP contribution in [-0.2, 0) is 11.0 Å². The number of rotatable bonds is 2. The minimum atomic E-state index is -4.38. The highest BCUT2D eigenvalue weighted by atomic mass is 19.4. The third-order valence-electron chi connectivity index (χ3n) is 3.74. The SMILES string of the molecule is O=C1CC(c2ccc(-c3cc(C(F)(F)F)ccn3)cc2)CN1. The van der Waals surface area contributed by atoms with Gasteiger partial charge >= 0.3 is 6.18 Å². The van der Waals surface area contributed by atoms with Crippen molar-refractivity contribution in [2.75, 3.05) is 6.54 Å². The van der Waals surface area contributed by atoms with Gasteiger partial charge in [0, 0.05) is 30.6 Å². The molecule has 1 fully saturated rings. The topological polar surface area (TPSA) is 42.0 Å². The minimum absolute atomic E-state index is 0.0219. The van der Waals surface area contributed by atoms with Gasteiger partial charge in [0.2, 0.25) is 5.91 Å². The molecule has 6 heteroatoms. The number of carbonyl (C=O) groups is 1. The summed E-state index contributed by atoms with van der Waals surface area (Å²) in [6.45, 7) is 0.597. The molecule has 0 bridgehead atoms. The summed E-state index contributed by atoms with van der Waals surface area (Å²) in [7, 11) is 0. The minimum Gasteiger partial charge on any atom is -0.355 e. The van der Waals surface area contributed by atoms with Crippen LogP contribution in [0.2, 0.25) is 0 Å². The van der Waals surface area contributed by atoms with Gasteiger partial charge in [0.15, 0.2) is 0 Å². The summed E-state index contributed by atoms with van der Waals surface area (Å²) in [5, 5.41) is 2.76. The summed E-state index contributed by atoms with van der Waals surface area (Å²) in [5.74, 6) is 0.143. The number of halogens is 3. The lowest BCUT2D eigenvalue weighted by Crippen LogP contribution is -2.13. The highest BCUT2D eigenvalue weighted by Gasteiger charge is 2.30. The molecule has 0 spiro atoms. The second-order valence-electron chi connectivity index (χ2n) is 5.25. The van der Waals surface area contributed by atoms with Gasteiger partial charge in [-0.2, -0.15) is 13.2 Å². The summed E-state index contributed by atoms with van der Waals surface area (Å²) in [6.07, 6.45) is -2.78. The lowest BCUT2D eigenvalue weighted by molar-refractivity contribution is -0.137. The van der Waals surface area contributed by atoms with Crippen LogP contribution in [-0.4, -0.2) is 17.4 Å². The number of hydrogen-bond acceptors (Lipinski definition) is 2. The number of hydrogen-bond donors (Lipinski definition) is 1. The van der Waals surface area contributed by atoms with Crippen LogP contribution >= 0.6 is 0 Å². The number of carbonyl (C=O) groups excluding carboxylic acids is 1. The van der Waals surface area contributed by atoms with Gasteiger partial charge in [-0.05, 0) is 17.7 Å². The van der Waals surface area contributed by atoms with Crippen molar-refractivity contribution < 1.29 is 18.0 Å². The lowest BCUT2D eigenvalue weighted by atomic mass is 9.96. The van der Waals surface area contributed by atoms with Crippen LogP contribution < -0.4 is 5.32 Å². The Morgan fingerprint density at radius 3 is 2.45 bits per heavy atom. The Bertz CT molecular complexity index is 695. The molecule has 1 N–H and O–H groups in total. The number of alkyl halides is 3. The van der Waals surface area contributed by atoms with Gasteiger partial charge in [0.1, 0.15) is 0 Å². The zero-order valence-corrected chi connectivity index (χ0v) is 11.5. The molecule has 1 aromatic heterocycles. The molecule has 1 aromatic carbocycles.